The monoisotopic (exact) mass is 262 g/mol. The average molecular weight is 263 g/mol. The summed E-state index contributed by atoms with van der Waals surface area (Å²) >= 11 is 3.04. The number of ether oxygens (including phenoxy) is 1. The molecule has 0 fully saturated rings. The molecule has 0 saturated carbocycles. The number of unbranched alkanes of at least 4 members (excludes halogenated alkanes) is 1. The maximum Gasteiger partial charge on any atom is 0.316 e. The quantitative estimate of drug-likeness (QED) is 0.304. The Morgan fingerprint density at radius 2 is 2.21 bits per heavy atom. The number of carbonyl (C=O) groups is 1. The molecule has 3 heteroatoms. The Labute approximate surface area is 94.8 Å². The molecule has 0 aromatic rings. The van der Waals surface area contributed by atoms with E-state index in [1.54, 1.807) is 0 Å². The SMILES string of the molecule is CCC/C=C(\C)CCCOC(=O)CBr. The van der Waals surface area contributed by atoms with Gasteiger partial charge in [-0.2, -0.15) is 0 Å². The van der Waals surface area contributed by atoms with Gasteiger partial charge in [-0.25, -0.2) is 0 Å². The van der Waals surface area contributed by atoms with Crippen molar-refractivity contribution in [3.8, 4) is 0 Å². The van der Waals surface area contributed by atoms with E-state index < -0.39 is 0 Å². The molecule has 2 nitrogen and oxygen atoms in total. The third-order valence-electron chi connectivity index (χ3n) is 1.87. The van der Waals surface area contributed by atoms with E-state index in [9.17, 15) is 4.79 Å². The van der Waals surface area contributed by atoms with Crippen LogP contribution in [0.5, 0.6) is 0 Å². The minimum Gasteiger partial charge on any atom is -0.465 e. The topological polar surface area (TPSA) is 26.3 Å². The lowest BCUT2D eigenvalue weighted by atomic mass is 10.1. The third kappa shape index (κ3) is 8.30. The van der Waals surface area contributed by atoms with Crippen molar-refractivity contribution in [2.75, 3.05) is 11.9 Å². The number of rotatable bonds is 7. The van der Waals surface area contributed by atoms with Gasteiger partial charge in [-0.05, 0) is 26.2 Å². The van der Waals surface area contributed by atoms with Crippen LogP contribution in [0.2, 0.25) is 0 Å². The van der Waals surface area contributed by atoms with Crippen LogP contribution in [0.15, 0.2) is 11.6 Å². The zero-order chi connectivity index (χ0) is 10.8. The van der Waals surface area contributed by atoms with Crippen molar-refractivity contribution in [3.05, 3.63) is 11.6 Å². The van der Waals surface area contributed by atoms with Gasteiger partial charge in [-0.3, -0.25) is 4.79 Å². The fourth-order valence-electron chi connectivity index (χ4n) is 1.07. The summed E-state index contributed by atoms with van der Waals surface area (Å²) in [6, 6.07) is 0. The van der Waals surface area contributed by atoms with E-state index in [-0.39, 0.29) is 11.3 Å². The molecule has 0 spiro atoms. The summed E-state index contributed by atoms with van der Waals surface area (Å²) in [6.45, 7) is 4.82. The largest absolute Gasteiger partial charge is 0.465 e. The number of allylic oxidation sites excluding steroid dienone is 2. The number of alkyl halides is 1. The second kappa shape index (κ2) is 9.25. The first-order valence-corrected chi connectivity index (χ1v) is 6.20. The highest BCUT2D eigenvalue weighted by Crippen LogP contribution is 2.06. The van der Waals surface area contributed by atoms with Crippen LogP contribution in [-0.2, 0) is 9.53 Å². The summed E-state index contributed by atoms with van der Waals surface area (Å²) < 4.78 is 4.93. The van der Waals surface area contributed by atoms with Gasteiger partial charge in [-0.1, -0.05) is 40.9 Å². The minimum absolute atomic E-state index is 0.180. The van der Waals surface area contributed by atoms with Crippen LogP contribution in [0, 0.1) is 0 Å². The van der Waals surface area contributed by atoms with Crippen LogP contribution < -0.4 is 0 Å². The summed E-state index contributed by atoms with van der Waals surface area (Å²) in [5, 5.41) is 0.289. The maximum absolute atomic E-state index is 10.7. The summed E-state index contributed by atoms with van der Waals surface area (Å²) in [6.07, 6.45) is 6.54. The standard InChI is InChI=1S/C11H19BrO2/c1-3-4-6-10(2)7-5-8-14-11(13)9-12/h6H,3-5,7-9H2,1-2H3/b10-6+. The minimum atomic E-state index is -0.180. The highest BCUT2D eigenvalue weighted by Gasteiger charge is 1.98. The molecule has 0 saturated heterocycles. The molecule has 0 atom stereocenters. The summed E-state index contributed by atoms with van der Waals surface area (Å²) in [5.41, 5.74) is 1.39. The first kappa shape index (κ1) is 13.7. The molecule has 0 aliphatic rings. The Hall–Kier alpha value is -0.310. The molecule has 0 radical (unpaired) electrons. The van der Waals surface area contributed by atoms with Crippen molar-refractivity contribution in [1.82, 2.24) is 0 Å². The molecule has 0 N–H and O–H groups in total. The Kier molecular flexibility index (Phi) is 9.05. The number of hydrogen-bond acceptors (Lipinski definition) is 2. The van der Waals surface area contributed by atoms with E-state index in [0.29, 0.717) is 6.61 Å². The van der Waals surface area contributed by atoms with Crippen LogP contribution in [-0.4, -0.2) is 17.9 Å². The van der Waals surface area contributed by atoms with Gasteiger partial charge in [0, 0.05) is 0 Å². The van der Waals surface area contributed by atoms with Gasteiger partial charge in [0.1, 0.15) is 5.33 Å². The molecule has 0 bridgehead atoms. The van der Waals surface area contributed by atoms with Crippen LogP contribution in [0.1, 0.15) is 39.5 Å². The fraction of sp³-hybridized carbons (Fsp3) is 0.727. The van der Waals surface area contributed by atoms with Crippen molar-refractivity contribution < 1.29 is 9.53 Å². The van der Waals surface area contributed by atoms with E-state index in [2.05, 4.69) is 35.9 Å². The zero-order valence-corrected chi connectivity index (χ0v) is 10.6. The van der Waals surface area contributed by atoms with E-state index in [4.69, 9.17) is 4.74 Å². The molecular formula is C11H19BrO2. The van der Waals surface area contributed by atoms with Crippen LogP contribution in [0.4, 0.5) is 0 Å². The number of esters is 1. The second-order valence-corrected chi connectivity index (χ2v) is 3.86. The van der Waals surface area contributed by atoms with Gasteiger partial charge in [0.2, 0.25) is 0 Å². The van der Waals surface area contributed by atoms with Gasteiger partial charge in [-0.15, -0.1) is 0 Å². The normalized spacial score (nSPS) is 11.5. The first-order chi connectivity index (χ1) is 6.70. The van der Waals surface area contributed by atoms with E-state index in [1.807, 2.05) is 0 Å². The molecule has 0 heterocycles. The lowest BCUT2D eigenvalue weighted by Crippen LogP contribution is -2.06. The second-order valence-electron chi connectivity index (χ2n) is 3.30. The lowest BCUT2D eigenvalue weighted by molar-refractivity contribution is -0.140. The highest BCUT2D eigenvalue weighted by atomic mass is 79.9. The molecule has 82 valence electrons. The smallest absolute Gasteiger partial charge is 0.316 e. The Bertz CT molecular complexity index is 188. The lowest BCUT2D eigenvalue weighted by Gasteiger charge is -2.03. The summed E-state index contributed by atoms with van der Waals surface area (Å²) in [5.74, 6) is -0.180. The summed E-state index contributed by atoms with van der Waals surface area (Å²) in [7, 11) is 0. The molecule has 0 aliphatic carbocycles. The molecule has 0 unspecified atom stereocenters. The van der Waals surface area contributed by atoms with Crippen LogP contribution >= 0.6 is 15.9 Å². The molecule has 0 amide bonds. The predicted octanol–water partition coefficient (Wildman–Crippen LogP) is 3.45. The maximum atomic E-state index is 10.7. The third-order valence-corrected chi connectivity index (χ3v) is 2.33. The summed E-state index contributed by atoms with van der Waals surface area (Å²) in [4.78, 5) is 10.7. The Morgan fingerprint density at radius 3 is 2.79 bits per heavy atom. The van der Waals surface area contributed by atoms with Crippen LogP contribution in [0.3, 0.4) is 0 Å². The number of hydrogen-bond donors (Lipinski definition) is 0. The van der Waals surface area contributed by atoms with Gasteiger partial charge < -0.3 is 4.74 Å². The van der Waals surface area contributed by atoms with Gasteiger partial charge >= 0.3 is 5.97 Å². The van der Waals surface area contributed by atoms with Crippen molar-refractivity contribution in [1.29, 1.82) is 0 Å². The van der Waals surface area contributed by atoms with Gasteiger partial charge in [0.05, 0.1) is 6.61 Å². The fourth-order valence-corrected chi connectivity index (χ4v) is 1.23. The molecular weight excluding hydrogens is 244 g/mol. The van der Waals surface area contributed by atoms with Gasteiger partial charge in [0.25, 0.3) is 0 Å². The van der Waals surface area contributed by atoms with Crippen LogP contribution in [0.25, 0.3) is 0 Å². The molecule has 14 heavy (non-hydrogen) atoms. The first-order valence-electron chi connectivity index (χ1n) is 5.08. The van der Waals surface area contributed by atoms with E-state index >= 15 is 0 Å². The highest BCUT2D eigenvalue weighted by molar-refractivity contribution is 9.09. The zero-order valence-electron chi connectivity index (χ0n) is 9.01. The predicted molar refractivity (Wildman–Crippen MR) is 62.7 cm³/mol. The molecule has 0 rings (SSSR count). The van der Waals surface area contributed by atoms with Crippen molar-refractivity contribution in [3.63, 3.8) is 0 Å². The molecule has 0 aromatic carbocycles. The van der Waals surface area contributed by atoms with Crippen molar-refractivity contribution in [2.24, 2.45) is 0 Å². The van der Waals surface area contributed by atoms with E-state index in [0.717, 1.165) is 19.3 Å². The van der Waals surface area contributed by atoms with Gasteiger partial charge in [0.15, 0.2) is 0 Å². The number of halogens is 1. The number of carbonyl (C=O) groups excluding carboxylic acids is 1. The Balaban J connectivity index is 3.40. The van der Waals surface area contributed by atoms with Crippen molar-refractivity contribution >= 4 is 21.9 Å². The molecule has 0 aromatic heterocycles. The average Bonchev–Trinajstić information content (AvgIpc) is 2.21. The molecule has 0 aliphatic heterocycles. The van der Waals surface area contributed by atoms with Crippen molar-refractivity contribution in [2.45, 2.75) is 39.5 Å². The Morgan fingerprint density at radius 1 is 1.50 bits per heavy atom. The van der Waals surface area contributed by atoms with E-state index in [1.165, 1.54) is 12.0 Å².